The lowest BCUT2D eigenvalue weighted by atomic mass is 10.0. The molecule has 0 aliphatic carbocycles. The fraction of sp³-hybridized carbons (Fsp3) is 0.412. The van der Waals surface area contributed by atoms with Gasteiger partial charge in [-0.2, -0.15) is 0 Å². The minimum Gasteiger partial charge on any atom is -0.352 e. The normalized spacial score (nSPS) is 12.3. The van der Waals surface area contributed by atoms with Gasteiger partial charge in [0.25, 0.3) is 5.91 Å². The van der Waals surface area contributed by atoms with Crippen LogP contribution in [0.1, 0.15) is 35.8 Å². The number of nitrogens with zero attached hydrogens (tertiary/aromatic N) is 1. The maximum Gasteiger partial charge on any atom is 0.252 e. The highest BCUT2D eigenvalue weighted by atomic mass is 16.1. The molecule has 0 saturated heterocycles. The first-order valence-electron chi connectivity index (χ1n) is 7.50. The van der Waals surface area contributed by atoms with Gasteiger partial charge < -0.3 is 11.1 Å². The molecule has 21 heavy (non-hydrogen) atoms. The molecule has 0 aliphatic heterocycles. The zero-order valence-electron chi connectivity index (χ0n) is 12.7. The molecule has 1 aromatic carbocycles. The summed E-state index contributed by atoms with van der Waals surface area (Å²) in [4.78, 5) is 16.9. The Morgan fingerprint density at radius 2 is 2.14 bits per heavy atom. The van der Waals surface area contributed by atoms with Crippen LogP contribution in [0.15, 0.2) is 30.3 Å². The number of hydrogen-bond donors (Lipinski definition) is 2. The number of aromatic nitrogens is 1. The lowest BCUT2D eigenvalue weighted by molar-refractivity contribution is 0.0947. The largest absolute Gasteiger partial charge is 0.352 e. The number of carbonyl (C=O) groups is 1. The maximum atomic E-state index is 12.5. The summed E-state index contributed by atoms with van der Waals surface area (Å²) in [6.45, 7) is 5.36. The van der Waals surface area contributed by atoms with Gasteiger partial charge in [0.1, 0.15) is 0 Å². The molecule has 1 unspecified atom stereocenters. The van der Waals surface area contributed by atoms with E-state index in [0.29, 0.717) is 24.6 Å². The molecule has 4 nitrogen and oxygen atoms in total. The highest BCUT2D eigenvalue weighted by Gasteiger charge is 2.13. The second-order valence-corrected chi connectivity index (χ2v) is 5.39. The van der Waals surface area contributed by atoms with E-state index in [1.54, 1.807) is 0 Å². The van der Waals surface area contributed by atoms with Crippen LogP contribution in [-0.4, -0.2) is 24.0 Å². The van der Waals surface area contributed by atoms with Crippen LogP contribution >= 0.6 is 0 Å². The van der Waals surface area contributed by atoms with Crippen LogP contribution in [0.2, 0.25) is 0 Å². The molecule has 1 atom stereocenters. The van der Waals surface area contributed by atoms with Crippen molar-refractivity contribution >= 4 is 16.8 Å². The molecule has 0 bridgehead atoms. The van der Waals surface area contributed by atoms with E-state index in [4.69, 9.17) is 5.73 Å². The highest BCUT2D eigenvalue weighted by Crippen LogP contribution is 2.18. The number of aryl methyl sites for hydroxylation is 1. The highest BCUT2D eigenvalue weighted by molar-refractivity contribution is 6.06. The van der Waals surface area contributed by atoms with Gasteiger partial charge in [-0.05, 0) is 37.9 Å². The third kappa shape index (κ3) is 3.79. The van der Waals surface area contributed by atoms with Crippen LogP contribution in [0.25, 0.3) is 10.9 Å². The van der Waals surface area contributed by atoms with E-state index in [9.17, 15) is 4.79 Å². The van der Waals surface area contributed by atoms with E-state index in [0.717, 1.165) is 29.4 Å². The van der Waals surface area contributed by atoms with E-state index in [2.05, 4.69) is 17.2 Å². The number of fused-ring (bicyclic) bond motifs is 1. The topological polar surface area (TPSA) is 68.0 Å². The van der Waals surface area contributed by atoms with Crippen molar-refractivity contribution in [1.29, 1.82) is 0 Å². The smallest absolute Gasteiger partial charge is 0.252 e. The molecule has 0 fully saturated rings. The number of nitrogens with one attached hydrogen (secondary N) is 1. The molecular formula is C17H23N3O. The Morgan fingerprint density at radius 3 is 2.86 bits per heavy atom. The van der Waals surface area contributed by atoms with Gasteiger partial charge in [-0.25, -0.2) is 0 Å². The Hall–Kier alpha value is -1.94. The number of carbonyl (C=O) groups excluding carboxylic acids is 1. The number of nitrogens with two attached hydrogens (primary N) is 1. The monoisotopic (exact) mass is 285 g/mol. The van der Waals surface area contributed by atoms with Gasteiger partial charge >= 0.3 is 0 Å². The van der Waals surface area contributed by atoms with Gasteiger partial charge in [0.05, 0.1) is 11.1 Å². The molecule has 0 radical (unpaired) electrons. The van der Waals surface area contributed by atoms with Crippen molar-refractivity contribution in [3.8, 4) is 0 Å². The molecule has 112 valence electrons. The second-order valence-electron chi connectivity index (χ2n) is 5.39. The van der Waals surface area contributed by atoms with Crippen LogP contribution in [0, 0.1) is 12.8 Å². The number of hydrogen-bond acceptors (Lipinski definition) is 3. The zero-order valence-corrected chi connectivity index (χ0v) is 12.7. The minimum absolute atomic E-state index is 0.0350. The second kappa shape index (κ2) is 7.18. The number of benzene rings is 1. The predicted octanol–water partition coefficient (Wildman–Crippen LogP) is 2.65. The molecule has 1 aromatic heterocycles. The predicted molar refractivity (Wildman–Crippen MR) is 86.3 cm³/mol. The first kappa shape index (κ1) is 15.4. The number of pyridine rings is 1. The standard InChI is InChI=1S/C17H23N3O/c1-3-13(8-9-18)11-19-17(21)15-10-12(2)20-16-7-5-4-6-14(15)16/h4-7,10,13H,3,8-9,11,18H2,1-2H3,(H,19,21). The fourth-order valence-electron chi connectivity index (χ4n) is 2.51. The van der Waals surface area contributed by atoms with Crippen molar-refractivity contribution in [3.63, 3.8) is 0 Å². The summed E-state index contributed by atoms with van der Waals surface area (Å²) in [6, 6.07) is 9.59. The van der Waals surface area contributed by atoms with Crippen molar-refractivity contribution in [2.45, 2.75) is 26.7 Å². The number of amides is 1. The summed E-state index contributed by atoms with van der Waals surface area (Å²) < 4.78 is 0. The SMILES string of the molecule is CCC(CCN)CNC(=O)c1cc(C)nc2ccccc12. The first-order valence-corrected chi connectivity index (χ1v) is 7.50. The van der Waals surface area contributed by atoms with E-state index < -0.39 is 0 Å². The molecular weight excluding hydrogens is 262 g/mol. The summed E-state index contributed by atoms with van der Waals surface area (Å²) in [5, 5.41) is 3.93. The summed E-state index contributed by atoms with van der Waals surface area (Å²) >= 11 is 0. The minimum atomic E-state index is -0.0350. The van der Waals surface area contributed by atoms with E-state index >= 15 is 0 Å². The van der Waals surface area contributed by atoms with Crippen molar-refractivity contribution in [2.75, 3.05) is 13.1 Å². The number of rotatable bonds is 6. The van der Waals surface area contributed by atoms with Crippen LogP contribution < -0.4 is 11.1 Å². The summed E-state index contributed by atoms with van der Waals surface area (Å²) in [5.41, 5.74) is 8.00. The molecule has 2 aromatic rings. The lowest BCUT2D eigenvalue weighted by Gasteiger charge is -2.15. The van der Waals surface area contributed by atoms with Gasteiger partial charge in [0, 0.05) is 17.6 Å². The van der Waals surface area contributed by atoms with Crippen molar-refractivity contribution in [1.82, 2.24) is 10.3 Å². The van der Waals surface area contributed by atoms with E-state index in [-0.39, 0.29) is 5.91 Å². The zero-order chi connectivity index (χ0) is 15.2. The van der Waals surface area contributed by atoms with Gasteiger partial charge in [-0.1, -0.05) is 31.5 Å². The average Bonchev–Trinajstić information content (AvgIpc) is 2.50. The molecule has 1 heterocycles. The lowest BCUT2D eigenvalue weighted by Crippen LogP contribution is -2.30. The molecule has 0 spiro atoms. The molecule has 4 heteroatoms. The van der Waals surface area contributed by atoms with Gasteiger partial charge in [0.15, 0.2) is 0 Å². The van der Waals surface area contributed by atoms with E-state index in [1.165, 1.54) is 0 Å². The summed E-state index contributed by atoms with van der Waals surface area (Å²) in [6.07, 6.45) is 1.96. The Balaban J connectivity index is 2.19. The molecule has 0 saturated carbocycles. The fourth-order valence-corrected chi connectivity index (χ4v) is 2.51. The Kier molecular flexibility index (Phi) is 5.28. The number of para-hydroxylation sites is 1. The quantitative estimate of drug-likeness (QED) is 0.857. The van der Waals surface area contributed by atoms with Crippen molar-refractivity contribution in [3.05, 3.63) is 41.6 Å². The van der Waals surface area contributed by atoms with Crippen LogP contribution in [0.4, 0.5) is 0 Å². The first-order chi connectivity index (χ1) is 10.2. The molecule has 3 N–H and O–H groups in total. The van der Waals surface area contributed by atoms with E-state index in [1.807, 2.05) is 37.3 Å². The summed E-state index contributed by atoms with van der Waals surface area (Å²) in [7, 11) is 0. The van der Waals surface area contributed by atoms with Gasteiger partial charge in [-0.15, -0.1) is 0 Å². The molecule has 0 aliphatic rings. The molecule has 2 rings (SSSR count). The van der Waals surface area contributed by atoms with Crippen molar-refractivity contribution < 1.29 is 4.79 Å². The Bertz CT molecular complexity index is 624. The van der Waals surface area contributed by atoms with Crippen LogP contribution in [0.3, 0.4) is 0 Å². The Labute approximate surface area is 125 Å². The maximum absolute atomic E-state index is 12.5. The van der Waals surface area contributed by atoms with Crippen molar-refractivity contribution in [2.24, 2.45) is 11.7 Å². The van der Waals surface area contributed by atoms with Gasteiger partial charge in [0.2, 0.25) is 0 Å². The van der Waals surface area contributed by atoms with Crippen LogP contribution in [-0.2, 0) is 0 Å². The summed E-state index contributed by atoms with van der Waals surface area (Å²) in [5.74, 6) is 0.403. The Morgan fingerprint density at radius 1 is 1.38 bits per heavy atom. The van der Waals surface area contributed by atoms with Gasteiger partial charge in [-0.3, -0.25) is 9.78 Å². The molecule has 1 amide bonds. The third-order valence-electron chi connectivity index (χ3n) is 3.79. The van der Waals surface area contributed by atoms with Crippen LogP contribution in [0.5, 0.6) is 0 Å². The third-order valence-corrected chi connectivity index (χ3v) is 3.79. The average molecular weight is 285 g/mol.